The molecular formula is C26H36ClN3O4S. The number of carbonyl (C=O) groups is 2. The fraction of sp³-hybridized carbons (Fsp3) is 0.462. The predicted octanol–water partition coefficient (Wildman–Crippen LogP) is 4.53. The van der Waals surface area contributed by atoms with E-state index in [-0.39, 0.29) is 24.8 Å². The number of rotatable bonds is 13. The van der Waals surface area contributed by atoms with Crippen LogP contribution in [0, 0.1) is 6.92 Å². The van der Waals surface area contributed by atoms with E-state index in [1.165, 1.54) is 4.31 Å². The van der Waals surface area contributed by atoms with Crippen molar-refractivity contribution in [2.45, 2.75) is 59.0 Å². The van der Waals surface area contributed by atoms with Crippen LogP contribution in [0.5, 0.6) is 0 Å². The zero-order valence-corrected chi connectivity index (χ0v) is 22.5. The van der Waals surface area contributed by atoms with E-state index < -0.39 is 16.1 Å². The van der Waals surface area contributed by atoms with Gasteiger partial charge >= 0.3 is 0 Å². The van der Waals surface area contributed by atoms with Crippen molar-refractivity contribution in [2.24, 2.45) is 0 Å². The van der Waals surface area contributed by atoms with Crippen molar-refractivity contribution in [3.8, 4) is 0 Å². The van der Waals surface area contributed by atoms with Gasteiger partial charge in [-0.15, -0.1) is 0 Å². The zero-order valence-electron chi connectivity index (χ0n) is 21.0. The topological polar surface area (TPSA) is 86.8 Å². The maximum absolute atomic E-state index is 13.3. The lowest BCUT2D eigenvalue weighted by molar-refractivity contribution is -0.140. The number of nitrogens with zero attached hydrogens (tertiary/aromatic N) is 2. The van der Waals surface area contributed by atoms with Gasteiger partial charge in [-0.05, 0) is 50.5 Å². The predicted molar refractivity (Wildman–Crippen MR) is 142 cm³/mol. The number of anilines is 1. The van der Waals surface area contributed by atoms with Crippen molar-refractivity contribution in [2.75, 3.05) is 23.7 Å². The lowest BCUT2D eigenvalue weighted by Crippen LogP contribution is -2.48. The summed E-state index contributed by atoms with van der Waals surface area (Å²) in [6.07, 6.45) is 3.36. The molecule has 0 saturated heterocycles. The number of amides is 2. The van der Waals surface area contributed by atoms with Crippen LogP contribution in [-0.2, 0) is 26.2 Å². The summed E-state index contributed by atoms with van der Waals surface area (Å²) in [5, 5.41) is 3.33. The molecule has 0 bridgehead atoms. The summed E-state index contributed by atoms with van der Waals surface area (Å²) in [7, 11) is -3.56. The third-order valence-electron chi connectivity index (χ3n) is 5.68. The second-order valence-electron chi connectivity index (χ2n) is 8.75. The molecule has 192 valence electrons. The number of benzene rings is 2. The molecule has 0 heterocycles. The number of nitrogens with one attached hydrogen (secondary N) is 1. The van der Waals surface area contributed by atoms with E-state index in [0.29, 0.717) is 30.2 Å². The average molecular weight is 522 g/mol. The summed E-state index contributed by atoms with van der Waals surface area (Å²) in [6, 6.07) is 13.8. The Kier molecular flexibility index (Phi) is 11.0. The van der Waals surface area contributed by atoms with Gasteiger partial charge in [-0.2, -0.15) is 0 Å². The molecule has 35 heavy (non-hydrogen) atoms. The minimum Gasteiger partial charge on any atom is -0.354 e. The van der Waals surface area contributed by atoms with Crippen molar-refractivity contribution in [1.29, 1.82) is 0 Å². The van der Waals surface area contributed by atoms with Crippen LogP contribution in [-0.4, -0.2) is 50.5 Å². The molecule has 0 aliphatic carbocycles. The number of aryl methyl sites for hydroxylation is 1. The Labute approximate surface area is 214 Å². The first-order valence-corrected chi connectivity index (χ1v) is 14.1. The van der Waals surface area contributed by atoms with Gasteiger partial charge in [-0.1, -0.05) is 60.8 Å². The summed E-state index contributed by atoms with van der Waals surface area (Å²) >= 11 is 6.04. The van der Waals surface area contributed by atoms with Gasteiger partial charge < -0.3 is 10.2 Å². The first-order chi connectivity index (χ1) is 16.5. The summed E-state index contributed by atoms with van der Waals surface area (Å²) in [6.45, 7) is 6.74. The van der Waals surface area contributed by atoms with Gasteiger partial charge in [-0.25, -0.2) is 8.42 Å². The van der Waals surface area contributed by atoms with E-state index in [4.69, 9.17) is 11.6 Å². The smallest absolute Gasteiger partial charge is 0.242 e. The maximum Gasteiger partial charge on any atom is 0.242 e. The quantitative estimate of drug-likeness (QED) is 0.392. The van der Waals surface area contributed by atoms with Gasteiger partial charge in [0, 0.05) is 31.1 Å². The third kappa shape index (κ3) is 9.18. The highest BCUT2D eigenvalue weighted by Gasteiger charge is 2.26. The summed E-state index contributed by atoms with van der Waals surface area (Å²) in [5.74, 6) is -0.402. The Bertz CT molecular complexity index is 1110. The fourth-order valence-corrected chi connectivity index (χ4v) is 4.90. The van der Waals surface area contributed by atoms with Crippen molar-refractivity contribution in [1.82, 2.24) is 10.2 Å². The number of halogens is 1. The van der Waals surface area contributed by atoms with E-state index in [2.05, 4.69) is 5.32 Å². The van der Waals surface area contributed by atoms with Crippen LogP contribution in [0.2, 0.25) is 5.02 Å². The summed E-state index contributed by atoms with van der Waals surface area (Å²) in [4.78, 5) is 27.6. The van der Waals surface area contributed by atoms with E-state index in [9.17, 15) is 18.0 Å². The van der Waals surface area contributed by atoms with Crippen molar-refractivity contribution in [3.63, 3.8) is 0 Å². The van der Waals surface area contributed by atoms with Crippen LogP contribution in [0.25, 0.3) is 0 Å². The minimum atomic E-state index is -3.56. The normalized spacial score (nSPS) is 12.1. The molecule has 1 N–H and O–H groups in total. The number of hydrogen-bond donors (Lipinski definition) is 1. The first kappa shape index (κ1) is 28.7. The van der Waals surface area contributed by atoms with Gasteiger partial charge in [0.2, 0.25) is 21.8 Å². The number of unbranched alkanes of at least 4 members (excludes halogenated alkanes) is 1. The van der Waals surface area contributed by atoms with E-state index in [0.717, 1.165) is 30.2 Å². The Morgan fingerprint density at radius 3 is 2.43 bits per heavy atom. The van der Waals surface area contributed by atoms with Crippen LogP contribution in [0.4, 0.5) is 5.69 Å². The van der Waals surface area contributed by atoms with Crippen molar-refractivity contribution >= 4 is 39.1 Å². The molecule has 2 aromatic rings. The summed E-state index contributed by atoms with van der Waals surface area (Å²) in [5.41, 5.74) is 2.45. The average Bonchev–Trinajstić information content (AvgIpc) is 2.79. The minimum absolute atomic E-state index is 0.102. The van der Waals surface area contributed by atoms with Crippen molar-refractivity contribution < 1.29 is 18.0 Å². The molecule has 9 heteroatoms. The summed E-state index contributed by atoms with van der Waals surface area (Å²) < 4.78 is 26.0. The molecule has 0 spiro atoms. The third-order valence-corrected chi connectivity index (χ3v) is 7.11. The lowest BCUT2D eigenvalue weighted by Gasteiger charge is -2.29. The maximum atomic E-state index is 13.3. The van der Waals surface area contributed by atoms with Crippen molar-refractivity contribution in [3.05, 3.63) is 64.7 Å². The highest BCUT2D eigenvalue weighted by molar-refractivity contribution is 7.92. The highest BCUT2D eigenvalue weighted by Crippen LogP contribution is 2.22. The second-order valence-corrected chi connectivity index (χ2v) is 11.1. The largest absolute Gasteiger partial charge is 0.354 e. The van der Waals surface area contributed by atoms with Gasteiger partial charge in [0.05, 0.1) is 11.9 Å². The van der Waals surface area contributed by atoms with Crippen LogP contribution >= 0.6 is 11.6 Å². The Balaban J connectivity index is 2.14. The number of hydrogen-bond acceptors (Lipinski definition) is 4. The molecule has 2 rings (SSSR count). The molecular weight excluding hydrogens is 486 g/mol. The van der Waals surface area contributed by atoms with Gasteiger partial charge in [0.15, 0.2) is 0 Å². The SMILES string of the molecule is CCCCNC(=O)C(C)N(Cc1cccc(C)c1)C(=O)CCCN(c1cccc(Cl)c1)S(C)(=O)=O. The molecule has 2 aromatic carbocycles. The van der Waals surface area contributed by atoms with Crippen LogP contribution in [0.15, 0.2) is 48.5 Å². The van der Waals surface area contributed by atoms with Crippen LogP contribution < -0.4 is 9.62 Å². The van der Waals surface area contributed by atoms with E-state index in [1.807, 2.05) is 38.1 Å². The van der Waals surface area contributed by atoms with Gasteiger partial charge in [0.25, 0.3) is 0 Å². The second kappa shape index (κ2) is 13.5. The van der Waals surface area contributed by atoms with Crippen LogP contribution in [0.1, 0.15) is 50.7 Å². The monoisotopic (exact) mass is 521 g/mol. The molecule has 0 aliphatic rings. The van der Waals surface area contributed by atoms with E-state index >= 15 is 0 Å². The zero-order chi connectivity index (χ0) is 26.0. The molecule has 0 fully saturated rings. The number of carbonyl (C=O) groups excluding carboxylic acids is 2. The molecule has 0 radical (unpaired) electrons. The van der Waals surface area contributed by atoms with Gasteiger partial charge in [0.1, 0.15) is 6.04 Å². The lowest BCUT2D eigenvalue weighted by atomic mass is 10.1. The van der Waals surface area contributed by atoms with E-state index in [1.54, 1.807) is 36.1 Å². The number of sulfonamides is 1. The first-order valence-electron chi connectivity index (χ1n) is 11.9. The molecule has 2 amide bonds. The van der Waals surface area contributed by atoms with Crippen LogP contribution in [0.3, 0.4) is 0 Å². The van der Waals surface area contributed by atoms with Gasteiger partial charge in [-0.3, -0.25) is 13.9 Å². The molecule has 1 unspecified atom stereocenters. The molecule has 7 nitrogen and oxygen atoms in total. The highest BCUT2D eigenvalue weighted by atomic mass is 35.5. The standard InChI is InChI=1S/C26H36ClN3O4S/c1-5-6-15-28-26(32)21(3)29(19-22-11-7-10-20(2)17-22)25(31)14-9-16-30(35(4,33)34)24-13-8-12-23(27)18-24/h7-8,10-13,17-18,21H,5-6,9,14-16,19H2,1-4H3,(H,28,32). The molecule has 0 aromatic heterocycles. The Hall–Kier alpha value is -2.58. The fourth-order valence-electron chi connectivity index (χ4n) is 3.76. The Morgan fingerprint density at radius 1 is 1.09 bits per heavy atom. The molecule has 0 saturated carbocycles. The molecule has 1 atom stereocenters. The Morgan fingerprint density at radius 2 is 1.80 bits per heavy atom. The molecule has 0 aliphatic heterocycles.